The van der Waals surface area contributed by atoms with Gasteiger partial charge in [0.05, 0.1) is 22.0 Å². The molecule has 27 heavy (non-hydrogen) atoms. The number of para-hydroxylation sites is 1. The molecule has 2 N–H and O–H groups in total. The van der Waals surface area contributed by atoms with Crippen LogP contribution in [-0.4, -0.2) is 49.1 Å². The van der Waals surface area contributed by atoms with Gasteiger partial charge in [0.2, 0.25) is 0 Å². The lowest BCUT2D eigenvalue weighted by atomic mass is 10.2. The molecule has 0 saturated carbocycles. The molecule has 2 aromatic rings. The molecular weight excluding hydrogens is 448 g/mol. The van der Waals surface area contributed by atoms with Crippen molar-refractivity contribution >= 4 is 62.1 Å². The van der Waals surface area contributed by atoms with Crippen LogP contribution in [0.25, 0.3) is 0 Å². The number of likely N-dealkylation sites (N-methyl/N-ethyl adjacent to an activating group) is 1. The van der Waals surface area contributed by atoms with E-state index < -0.39 is 0 Å². The fraction of sp³-hybridized carbons (Fsp3) is 0.263. The Bertz CT molecular complexity index is 855. The van der Waals surface area contributed by atoms with Gasteiger partial charge < -0.3 is 15.1 Å². The van der Waals surface area contributed by atoms with E-state index in [1.54, 1.807) is 12.1 Å². The van der Waals surface area contributed by atoms with Crippen LogP contribution >= 0.6 is 39.7 Å². The summed E-state index contributed by atoms with van der Waals surface area (Å²) >= 11 is 15.2. The van der Waals surface area contributed by atoms with Crippen LogP contribution in [-0.2, 0) is 0 Å². The maximum absolute atomic E-state index is 12.4. The van der Waals surface area contributed by atoms with Gasteiger partial charge in [-0.1, -0.05) is 29.8 Å². The van der Waals surface area contributed by atoms with Crippen molar-refractivity contribution < 1.29 is 4.79 Å². The average molecular weight is 468 g/mol. The Balaban J connectivity index is 1.74. The zero-order valence-corrected chi connectivity index (χ0v) is 18.0. The molecule has 2 aromatic carbocycles. The highest BCUT2D eigenvalue weighted by Crippen LogP contribution is 2.34. The molecule has 0 unspecified atom stereocenters. The van der Waals surface area contributed by atoms with Gasteiger partial charge in [-0.25, -0.2) is 0 Å². The van der Waals surface area contributed by atoms with Crippen LogP contribution in [0.3, 0.4) is 0 Å². The second kappa shape index (κ2) is 9.01. The number of halogens is 2. The van der Waals surface area contributed by atoms with Crippen molar-refractivity contribution in [1.82, 2.24) is 10.2 Å². The number of thiocarbonyl (C=S) groups is 1. The standard InChI is InChI=1S/C19H20BrClN4OS/c1-24-9-11-25(12-10-24)17-15(21)7-4-8-16(17)22-19(27)23-18(26)13-5-2-3-6-14(13)20/h2-8H,9-12H2,1H3,(H2,22,23,26,27). The second-order valence-corrected chi connectivity index (χ2v) is 7.98. The van der Waals surface area contributed by atoms with Crippen LogP contribution in [0.1, 0.15) is 10.4 Å². The monoisotopic (exact) mass is 466 g/mol. The molecule has 8 heteroatoms. The molecule has 3 rings (SSSR count). The summed E-state index contributed by atoms with van der Waals surface area (Å²) in [5, 5.41) is 6.74. The highest BCUT2D eigenvalue weighted by molar-refractivity contribution is 9.10. The number of hydrogen-bond acceptors (Lipinski definition) is 4. The highest BCUT2D eigenvalue weighted by atomic mass is 79.9. The first-order valence-electron chi connectivity index (χ1n) is 8.54. The Labute approximate surface area is 177 Å². The van der Waals surface area contributed by atoms with Gasteiger partial charge in [-0.3, -0.25) is 10.1 Å². The van der Waals surface area contributed by atoms with Crippen LogP contribution in [0.4, 0.5) is 11.4 Å². The van der Waals surface area contributed by atoms with Crippen molar-refractivity contribution in [2.45, 2.75) is 0 Å². The number of benzene rings is 2. The Morgan fingerprint density at radius 2 is 1.81 bits per heavy atom. The molecule has 0 aromatic heterocycles. The summed E-state index contributed by atoms with van der Waals surface area (Å²) in [6.07, 6.45) is 0. The van der Waals surface area contributed by atoms with E-state index in [9.17, 15) is 4.79 Å². The molecule has 0 radical (unpaired) electrons. The summed E-state index contributed by atoms with van der Waals surface area (Å²) < 4.78 is 0.714. The number of amides is 1. The molecule has 0 bridgehead atoms. The zero-order valence-electron chi connectivity index (χ0n) is 14.8. The number of nitrogens with zero attached hydrogens (tertiary/aromatic N) is 2. The largest absolute Gasteiger partial charge is 0.366 e. The molecule has 0 atom stereocenters. The molecule has 5 nitrogen and oxygen atoms in total. The lowest BCUT2D eigenvalue weighted by Gasteiger charge is -2.35. The summed E-state index contributed by atoms with van der Waals surface area (Å²) in [4.78, 5) is 17.0. The van der Waals surface area contributed by atoms with Crippen molar-refractivity contribution in [3.05, 3.63) is 57.5 Å². The third-order valence-electron chi connectivity index (χ3n) is 4.40. The van der Waals surface area contributed by atoms with Crippen molar-refractivity contribution in [3.63, 3.8) is 0 Å². The first kappa shape index (κ1) is 20.1. The van der Waals surface area contributed by atoms with E-state index in [1.165, 1.54) is 0 Å². The zero-order chi connectivity index (χ0) is 19.4. The van der Waals surface area contributed by atoms with Crippen LogP contribution in [0.2, 0.25) is 5.02 Å². The maximum atomic E-state index is 12.4. The summed E-state index contributed by atoms with van der Waals surface area (Å²) in [7, 11) is 2.11. The number of rotatable bonds is 3. The third-order valence-corrected chi connectivity index (χ3v) is 5.60. The minimum absolute atomic E-state index is 0.230. The van der Waals surface area contributed by atoms with Gasteiger partial charge in [0.1, 0.15) is 0 Å². The van der Waals surface area contributed by atoms with Crippen molar-refractivity contribution in [2.75, 3.05) is 43.4 Å². The Hall–Kier alpha value is -1.67. The van der Waals surface area contributed by atoms with E-state index in [0.29, 0.717) is 15.1 Å². The predicted molar refractivity (Wildman–Crippen MR) is 119 cm³/mol. The number of carbonyl (C=O) groups is 1. The van der Waals surface area contributed by atoms with Crippen molar-refractivity contribution in [3.8, 4) is 0 Å². The van der Waals surface area contributed by atoms with E-state index in [2.05, 4.69) is 43.4 Å². The first-order chi connectivity index (χ1) is 13.0. The van der Waals surface area contributed by atoms with Gasteiger partial charge in [-0.05, 0) is 59.5 Å². The quantitative estimate of drug-likeness (QED) is 0.669. The minimum atomic E-state index is -0.275. The molecule has 1 amide bonds. The lowest BCUT2D eigenvalue weighted by molar-refractivity contribution is 0.0977. The van der Waals surface area contributed by atoms with Crippen LogP contribution < -0.4 is 15.5 Å². The SMILES string of the molecule is CN1CCN(c2c(Cl)cccc2NC(=S)NC(=O)c2ccccc2Br)CC1. The molecule has 1 aliphatic heterocycles. The second-order valence-electron chi connectivity index (χ2n) is 6.31. The van der Waals surface area contributed by atoms with Gasteiger partial charge in [0.25, 0.3) is 5.91 Å². The number of piperazine rings is 1. The Morgan fingerprint density at radius 1 is 1.11 bits per heavy atom. The normalized spacial score (nSPS) is 14.7. The van der Waals surface area contributed by atoms with Crippen molar-refractivity contribution in [1.29, 1.82) is 0 Å². The molecule has 0 aliphatic carbocycles. The molecule has 0 spiro atoms. The summed E-state index contributed by atoms with van der Waals surface area (Å²) in [6, 6.07) is 12.8. The molecule has 1 saturated heterocycles. The molecule has 142 valence electrons. The van der Waals surface area contributed by atoms with E-state index in [-0.39, 0.29) is 11.0 Å². The van der Waals surface area contributed by atoms with Gasteiger partial charge in [0.15, 0.2) is 5.11 Å². The minimum Gasteiger partial charge on any atom is -0.366 e. The number of hydrogen-bond donors (Lipinski definition) is 2. The van der Waals surface area contributed by atoms with Crippen LogP contribution in [0.5, 0.6) is 0 Å². The van der Waals surface area contributed by atoms with E-state index in [0.717, 1.165) is 37.6 Å². The predicted octanol–water partition coefficient (Wildman–Crippen LogP) is 3.98. The summed E-state index contributed by atoms with van der Waals surface area (Å²) in [5.41, 5.74) is 2.21. The van der Waals surface area contributed by atoms with Crippen LogP contribution in [0.15, 0.2) is 46.9 Å². The van der Waals surface area contributed by atoms with Crippen molar-refractivity contribution in [2.24, 2.45) is 0 Å². The van der Waals surface area contributed by atoms with E-state index >= 15 is 0 Å². The van der Waals surface area contributed by atoms with Gasteiger partial charge in [-0.2, -0.15) is 0 Å². The fourth-order valence-corrected chi connectivity index (χ4v) is 3.90. The number of carbonyl (C=O) groups excluding carboxylic acids is 1. The number of nitrogens with one attached hydrogen (secondary N) is 2. The topological polar surface area (TPSA) is 47.6 Å². The van der Waals surface area contributed by atoms with E-state index in [4.69, 9.17) is 23.8 Å². The van der Waals surface area contributed by atoms with Gasteiger partial charge in [0, 0.05) is 30.7 Å². The van der Waals surface area contributed by atoms with Crippen LogP contribution in [0, 0.1) is 0 Å². The average Bonchev–Trinajstić information content (AvgIpc) is 2.63. The molecule has 1 fully saturated rings. The number of anilines is 2. The molecular formula is C19H20BrClN4OS. The van der Waals surface area contributed by atoms with Gasteiger partial charge >= 0.3 is 0 Å². The molecule has 1 heterocycles. The third kappa shape index (κ3) is 4.99. The lowest BCUT2D eigenvalue weighted by Crippen LogP contribution is -2.45. The van der Waals surface area contributed by atoms with Gasteiger partial charge in [-0.15, -0.1) is 0 Å². The Kier molecular flexibility index (Phi) is 6.70. The maximum Gasteiger partial charge on any atom is 0.258 e. The van der Waals surface area contributed by atoms with E-state index in [1.807, 2.05) is 30.3 Å². The highest BCUT2D eigenvalue weighted by Gasteiger charge is 2.20. The smallest absolute Gasteiger partial charge is 0.258 e. The summed E-state index contributed by atoms with van der Waals surface area (Å²) in [6.45, 7) is 3.69. The first-order valence-corrected chi connectivity index (χ1v) is 10.1. The molecule has 1 aliphatic rings. The fourth-order valence-electron chi connectivity index (χ4n) is 2.94. The Morgan fingerprint density at radius 3 is 2.52 bits per heavy atom. The summed E-state index contributed by atoms with van der Waals surface area (Å²) in [5.74, 6) is -0.275.